The predicted octanol–water partition coefficient (Wildman–Crippen LogP) is 4.44. The number of pyridine rings is 1. The number of rotatable bonds is 5. The van der Waals surface area contributed by atoms with Gasteiger partial charge in [0, 0.05) is 35.3 Å². The Morgan fingerprint density at radius 1 is 1.15 bits per heavy atom. The fraction of sp³-hybridized carbons (Fsp3) is 0.640. The van der Waals surface area contributed by atoms with Gasteiger partial charge >= 0.3 is 6.09 Å². The number of hydrogen-bond donors (Lipinski definition) is 1. The zero-order valence-electron chi connectivity index (χ0n) is 20.1. The summed E-state index contributed by atoms with van der Waals surface area (Å²) < 4.78 is 7.59. The van der Waals surface area contributed by atoms with Crippen LogP contribution >= 0.6 is 11.8 Å². The molecule has 3 atom stereocenters. The Hall–Kier alpha value is -2.22. The number of nitrogens with one attached hydrogen (secondary N) is 1. The van der Waals surface area contributed by atoms with Gasteiger partial charge in [-0.15, -0.1) is 11.8 Å². The number of carbonyl (C=O) groups is 2. The second-order valence-corrected chi connectivity index (χ2v) is 12.6. The van der Waals surface area contributed by atoms with E-state index in [0.717, 1.165) is 11.3 Å². The zero-order valence-corrected chi connectivity index (χ0v) is 20.9. The number of ether oxygens (including phenoxy) is 1. The van der Waals surface area contributed by atoms with E-state index in [1.165, 1.54) is 24.2 Å². The Balaban J connectivity index is 1.23. The molecule has 0 aromatic carbocycles. The number of hydrogen-bond acceptors (Lipinski definition) is 5. The fourth-order valence-corrected chi connectivity index (χ4v) is 6.42. The van der Waals surface area contributed by atoms with Crippen molar-refractivity contribution < 1.29 is 14.3 Å². The van der Waals surface area contributed by atoms with Crippen LogP contribution in [0.4, 0.5) is 4.79 Å². The van der Waals surface area contributed by atoms with E-state index in [1.807, 2.05) is 58.8 Å². The molecule has 2 aliphatic carbocycles. The van der Waals surface area contributed by atoms with E-state index in [2.05, 4.69) is 21.9 Å². The molecule has 3 aliphatic rings. The SMILES string of the molecule is CC(C)(C)OC(=O)N1C[C@@H]2[C@H](C1)[C@H]2C(=O)NC(C)(C)c1ncc2c(SC3CCC3)cccn12. The summed E-state index contributed by atoms with van der Waals surface area (Å²) >= 11 is 1.94. The van der Waals surface area contributed by atoms with Crippen molar-refractivity contribution in [2.75, 3.05) is 13.1 Å². The molecule has 178 valence electrons. The minimum Gasteiger partial charge on any atom is -0.444 e. The zero-order chi connectivity index (χ0) is 23.5. The van der Waals surface area contributed by atoms with Crippen molar-refractivity contribution in [1.82, 2.24) is 19.6 Å². The lowest BCUT2D eigenvalue weighted by Crippen LogP contribution is -2.45. The summed E-state index contributed by atoms with van der Waals surface area (Å²) in [5, 5.41) is 3.95. The van der Waals surface area contributed by atoms with Crippen LogP contribution < -0.4 is 5.32 Å². The van der Waals surface area contributed by atoms with Crippen molar-refractivity contribution in [3.8, 4) is 0 Å². The third-order valence-electron chi connectivity index (χ3n) is 7.02. The Morgan fingerprint density at radius 2 is 1.85 bits per heavy atom. The summed E-state index contributed by atoms with van der Waals surface area (Å²) in [5.41, 5.74) is -0.0122. The van der Waals surface area contributed by atoms with E-state index in [-0.39, 0.29) is 29.8 Å². The molecule has 2 aromatic heterocycles. The molecule has 0 bridgehead atoms. The molecule has 2 aromatic rings. The second-order valence-electron chi connectivity index (χ2n) is 11.2. The monoisotopic (exact) mass is 470 g/mol. The minimum atomic E-state index is -0.606. The quantitative estimate of drug-likeness (QED) is 0.699. The molecule has 7 nitrogen and oxygen atoms in total. The summed E-state index contributed by atoms with van der Waals surface area (Å²) in [6, 6.07) is 4.23. The van der Waals surface area contributed by atoms with Crippen LogP contribution in [0.3, 0.4) is 0 Å². The Bertz CT molecular complexity index is 1070. The standard InChI is InChI=1S/C25H34N4O3S/c1-24(2,3)32-23(31)28-13-16-17(14-28)20(16)21(30)27-25(4,5)22-26-12-18-19(10-7-11-29(18)22)33-15-8-6-9-15/h7,10-12,15-17,20H,6,8-9,13-14H2,1-5H3,(H,27,30)/t16-,17+,20+. The van der Waals surface area contributed by atoms with E-state index >= 15 is 0 Å². The molecular formula is C25H34N4O3S. The molecule has 2 saturated carbocycles. The molecular weight excluding hydrogens is 436 g/mol. The van der Waals surface area contributed by atoms with Gasteiger partial charge in [0.1, 0.15) is 11.4 Å². The van der Waals surface area contributed by atoms with E-state index in [9.17, 15) is 9.59 Å². The molecule has 1 N–H and O–H groups in total. The summed E-state index contributed by atoms with van der Waals surface area (Å²) in [7, 11) is 0. The molecule has 0 radical (unpaired) electrons. The van der Waals surface area contributed by atoms with Crippen LogP contribution in [0.15, 0.2) is 29.4 Å². The van der Waals surface area contributed by atoms with Crippen LogP contribution in [0.5, 0.6) is 0 Å². The first-order valence-corrected chi connectivity index (χ1v) is 12.8. The first-order chi connectivity index (χ1) is 15.5. The minimum absolute atomic E-state index is 0.0427. The van der Waals surface area contributed by atoms with Crippen molar-refractivity contribution >= 4 is 29.3 Å². The largest absolute Gasteiger partial charge is 0.444 e. The van der Waals surface area contributed by atoms with Gasteiger partial charge in [-0.2, -0.15) is 0 Å². The number of carbonyl (C=O) groups excluding carboxylic acids is 2. The molecule has 2 amide bonds. The van der Waals surface area contributed by atoms with Gasteiger partial charge in [-0.3, -0.25) is 4.79 Å². The Kier molecular flexibility index (Phi) is 5.42. The lowest BCUT2D eigenvalue weighted by Gasteiger charge is -2.28. The number of aromatic nitrogens is 2. The maximum absolute atomic E-state index is 13.1. The summed E-state index contributed by atoms with van der Waals surface area (Å²) in [6.07, 6.45) is 7.56. The Morgan fingerprint density at radius 3 is 2.45 bits per heavy atom. The number of fused-ring (bicyclic) bond motifs is 2. The average Bonchev–Trinajstić information content (AvgIpc) is 3.03. The third kappa shape index (κ3) is 4.34. The second kappa shape index (κ2) is 7.93. The maximum Gasteiger partial charge on any atom is 0.410 e. The number of piperidine rings is 1. The lowest BCUT2D eigenvalue weighted by molar-refractivity contribution is -0.125. The van der Waals surface area contributed by atoms with Crippen LogP contribution in [-0.4, -0.2) is 50.2 Å². The maximum atomic E-state index is 13.1. The van der Waals surface area contributed by atoms with Gasteiger partial charge in [0.2, 0.25) is 5.91 Å². The lowest BCUT2D eigenvalue weighted by atomic mass is 10.0. The molecule has 33 heavy (non-hydrogen) atoms. The highest BCUT2D eigenvalue weighted by atomic mass is 32.2. The van der Waals surface area contributed by atoms with Crippen LogP contribution in [0, 0.1) is 17.8 Å². The highest BCUT2D eigenvalue weighted by molar-refractivity contribution is 8.00. The Labute approximate surface area is 199 Å². The molecule has 3 fully saturated rings. The summed E-state index contributed by atoms with van der Waals surface area (Å²) in [4.78, 5) is 33.2. The van der Waals surface area contributed by atoms with Crippen LogP contribution in [0.25, 0.3) is 5.52 Å². The van der Waals surface area contributed by atoms with Crippen LogP contribution in [0.2, 0.25) is 0 Å². The average molecular weight is 471 g/mol. The van der Waals surface area contributed by atoms with Gasteiger partial charge in [-0.25, -0.2) is 9.78 Å². The smallest absolute Gasteiger partial charge is 0.410 e. The summed E-state index contributed by atoms with van der Waals surface area (Å²) in [6.45, 7) is 10.8. The molecule has 5 rings (SSSR count). The first kappa shape index (κ1) is 22.6. The van der Waals surface area contributed by atoms with Gasteiger partial charge < -0.3 is 19.4 Å². The van der Waals surface area contributed by atoms with Gasteiger partial charge in [0.25, 0.3) is 0 Å². The highest BCUT2D eigenvalue weighted by Crippen LogP contribution is 2.52. The number of amides is 2. The van der Waals surface area contributed by atoms with E-state index in [0.29, 0.717) is 18.3 Å². The molecule has 0 unspecified atom stereocenters. The number of nitrogens with zero attached hydrogens (tertiary/aromatic N) is 3. The van der Waals surface area contributed by atoms with Crippen molar-refractivity contribution in [3.05, 3.63) is 30.4 Å². The molecule has 1 aliphatic heterocycles. The van der Waals surface area contributed by atoms with E-state index in [4.69, 9.17) is 9.72 Å². The number of thioether (sulfide) groups is 1. The third-order valence-corrected chi connectivity index (χ3v) is 8.42. The highest BCUT2D eigenvalue weighted by Gasteiger charge is 2.61. The van der Waals surface area contributed by atoms with Crippen molar-refractivity contribution in [3.63, 3.8) is 0 Å². The van der Waals surface area contributed by atoms with Gasteiger partial charge in [-0.05, 0) is 71.4 Å². The topological polar surface area (TPSA) is 75.9 Å². The predicted molar refractivity (Wildman–Crippen MR) is 128 cm³/mol. The van der Waals surface area contributed by atoms with Crippen molar-refractivity contribution in [1.29, 1.82) is 0 Å². The van der Waals surface area contributed by atoms with Gasteiger partial charge in [0.05, 0.1) is 17.3 Å². The fourth-order valence-electron chi connectivity index (χ4n) is 5.06. The van der Waals surface area contributed by atoms with Crippen LogP contribution in [-0.2, 0) is 15.1 Å². The molecule has 1 saturated heterocycles. The van der Waals surface area contributed by atoms with Crippen LogP contribution in [0.1, 0.15) is 59.7 Å². The molecule has 3 heterocycles. The van der Waals surface area contributed by atoms with Gasteiger partial charge in [0.15, 0.2) is 0 Å². The molecule has 8 heteroatoms. The van der Waals surface area contributed by atoms with Gasteiger partial charge in [-0.1, -0.05) is 6.42 Å². The number of likely N-dealkylation sites (tertiary alicyclic amines) is 1. The molecule has 0 spiro atoms. The number of imidazole rings is 1. The summed E-state index contributed by atoms with van der Waals surface area (Å²) in [5.74, 6) is 1.28. The van der Waals surface area contributed by atoms with E-state index in [1.54, 1.807) is 4.90 Å². The first-order valence-electron chi connectivity index (χ1n) is 12.0. The van der Waals surface area contributed by atoms with Crippen molar-refractivity contribution in [2.24, 2.45) is 17.8 Å². The van der Waals surface area contributed by atoms with E-state index < -0.39 is 11.1 Å². The normalized spacial score (nSPS) is 25.0. The van der Waals surface area contributed by atoms with Crippen molar-refractivity contribution in [2.45, 2.75) is 75.2 Å².